The Morgan fingerprint density at radius 2 is 2.18 bits per heavy atom. The van der Waals surface area contributed by atoms with E-state index in [4.69, 9.17) is 5.11 Å². The molecule has 0 bridgehead atoms. The van der Waals surface area contributed by atoms with Crippen LogP contribution in [0.25, 0.3) is 0 Å². The molecule has 1 fully saturated rings. The number of carboxylic acid groups (broad SMARTS) is 1. The number of carboxylic acids is 1. The number of hydrogen-bond acceptors (Lipinski definition) is 3. The van der Waals surface area contributed by atoms with E-state index in [9.17, 15) is 9.59 Å². The van der Waals surface area contributed by atoms with Crippen molar-refractivity contribution >= 4 is 23.8 Å². The van der Waals surface area contributed by atoms with E-state index >= 15 is 0 Å². The third-order valence-electron chi connectivity index (χ3n) is 2.58. The summed E-state index contributed by atoms with van der Waals surface area (Å²) in [5, 5.41) is 14.3. The van der Waals surface area contributed by atoms with Gasteiger partial charge in [0, 0.05) is 11.8 Å². The Labute approximate surface area is 106 Å². The highest BCUT2D eigenvalue weighted by atomic mass is 32.2. The fourth-order valence-electron chi connectivity index (χ4n) is 1.73. The van der Waals surface area contributed by atoms with Crippen LogP contribution in [-0.2, 0) is 4.79 Å². The Balaban J connectivity index is 2.37. The van der Waals surface area contributed by atoms with E-state index in [1.54, 1.807) is 11.8 Å². The smallest absolute Gasteiger partial charge is 0.326 e. The summed E-state index contributed by atoms with van der Waals surface area (Å²) in [6, 6.07) is -0.997. The minimum Gasteiger partial charge on any atom is -0.480 e. The molecule has 1 heterocycles. The van der Waals surface area contributed by atoms with Gasteiger partial charge in [0.2, 0.25) is 0 Å². The summed E-state index contributed by atoms with van der Waals surface area (Å²) in [6.45, 7) is 3.87. The third kappa shape index (κ3) is 5.30. The summed E-state index contributed by atoms with van der Waals surface area (Å²) in [5.41, 5.74) is 0. The van der Waals surface area contributed by atoms with Crippen molar-refractivity contribution in [3.63, 3.8) is 0 Å². The van der Waals surface area contributed by atoms with Crippen molar-refractivity contribution in [1.82, 2.24) is 10.6 Å². The standard InChI is InChI=1S/C11H20N2O3S/c1-7(2)5-9(10(14)15)13-11(16)12-8-3-4-17-6-8/h7-9H,3-6H2,1-2H3,(H,14,15)(H2,12,13,16). The van der Waals surface area contributed by atoms with Gasteiger partial charge < -0.3 is 15.7 Å². The maximum absolute atomic E-state index is 11.6. The minimum atomic E-state index is -0.977. The maximum atomic E-state index is 11.6. The summed E-state index contributed by atoms with van der Waals surface area (Å²) < 4.78 is 0. The molecule has 0 aliphatic carbocycles. The second-order valence-electron chi connectivity index (χ2n) is 4.70. The largest absolute Gasteiger partial charge is 0.480 e. The van der Waals surface area contributed by atoms with E-state index in [1.165, 1.54) is 0 Å². The molecule has 0 aromatic rings. The Morgan fingerprint density at radius 1 is 1.47 bits per heavy atom. The van der Waals surface area contributed by atoms with Crippen LogP contribution in [0.1, 0.15) is 26.7 Å². The Hall–Kier alpha value is -0.910. The van der Waals surface area contributed by atoms with E-state index in [2.05, 4.69) is 10.6 Å². The minimum absolute atomic E-state index is 0.175. The molecule has 1 saturated heterocycles. The first-order valence-corrected chi connectivity index (χ1v) is 7.02. The van der Waals surface area contributed by atoms with Gasteiger partial charge in [0.15, 0.2) is 0 Å². The first-order valence-electron chi connectivity index (χ1n) is 5.86. The molecule has 3 N–H and O–H groups in total. The van der Waals surface area contributed by atoms with Crippen LogP contribution < -0.4 is 10.6 Å². The van der Waals surface area contributed by atoms with Crippen molar-refractivity contribution in [2.75, 3.05) is 11.5 Å². The highest BCUT2D eigenvalue weighted by Crippen LogP contribution is 2.16. The lowest BCUT2D eigenvalue weighted by Crippen LogP contribution is -2.49. The van der Waals surface area contributed by atoms with Gasteiger partial charge in [0.05, 0.1) is 0 Å². The zero-order chi connectivity index (χ0) is 12.8. The topological polar surface area (TPSA) is 78.4 Å². The number of aliphatic carboxylic acids is 1. The fourth-order valence-corrected chi connectivity index (χ4v) is 2.88. The molecule has 2 amide bonds. The van der Waals surface area contributed by atoms with E-state index < -0.39 is 12.0 Å². The lowest BCUT2D eigenvalue weighted by atomic mass is 10.0. The molecule has 17 heavy (non-hydrogen) atoms. The predicted octanol–water partition coefficient (Wildman–Crippen LogP) is 1.29. The van der Waals surface area contributed by atoms with Crippen LogP contribution in [0.4, 0.5) is 4.79 Å². The molecule has 0 aromatic carbocycles. The van der Waals surface area contributed by atoms with Crippen LogP contribution in [0.3, 0.4) is 0 Å². The van der Waals surface area contributed by atoms with Crippen molar-refractivity contribution < 1.29 is 14.7 Å². The number of hydrogen-bond donors (Lipinski definition) is 3. The van der Waals surface area contributed by atoms with Crippen LogP contribution in [0.15, 0.2) is 0 Å². The Morgan fingerprint density at radius 3 is 2.65 bits per heavy atom. The highest BCUT2D eigenvalue weighted by molar-refractivity contribution is 7.99. The van der Waals surface area contributed by atoms with E-state index in [1.807, 2.05) is 13.8 Å². The van der Waals surface area contributed by atoms with Crippen molar-refractivity contribution in [2.24, 2.45) is 5.92 Å². The monoisotopic (exact) mass is 260 g/mol. The van der Waals surface area contributed by atoms with Gasteiger partial charge in [-0.3, -0.25) is 0 Å². The lowest BCUT2D eigenvalue weighted by molar-refractivity contribution is -0.139. The first kappa shape index (κ1) is 14.2. The van der Waals surface area contributed by atoms with E-state index in [0.717, 1.165) is 17.9 Å². The van der Waals surface area contributed by atoms with Gasteiger partial charge in [0.1, 0.15) is 6.04 Å². The van der Waals surface area contributed by atoms with E-state index in [-0.39, 0.29) is 18.0 Å². The number of thioether (sulfide) groups is 1. The quantitative estimate of drug-likeness (QED) is 0.696. The molecule has 6 heteroatoms. The second-order valence-corrected chi connectivity index (χ2v) is 5.85. The van der Waals surface area contributed by atoms with Gasteiger partial charge in [-0.05, 0) is 24.5 Å². The van der Waals surface area contributed by atoms with Crippen molar-refractivity contribution in [3.05, 3.63) is 0 Å². The van der Waals surface area contributed by atoms with Crippen molar-refractivity contribution in [2.45, 2.75) is 38.8 Å². The van der Waals surface area contributed by atoms with Crippen molar-refractivity contribution in [1.29, 1.82) is 0 Å². The third-order valence-corrected chi connectivity index (χ3v) is 3.74. The van der Waals surface area contributed by atoms with E-state index in [0.29, 0.717) is 6.42 Å². The van der Waals surface area contributed by atoms with Crippen LogP contribution in [-0.4, -0.2) is 40.7 Å². The number of rotatable bonds is 5. The number of urea groups is 1. The van der Waals surface area contributed by atoms with Crippen LogP contribution in [0, 0.1) is 5.92 Å². The summed E-state index contributed by atoms with van der Waals surface area (Å²) in [6.07, 6.45) is 1.40. The predicted molar refractivity (Wildman–Crippen MR) is 68.3 cm³/mol. The average molecular weight is 260 g/mol. The summed E-state index contributed by atoms with van der Waals surface area (Å²) in [4.78, 5) is 22.6. The van der Waals surface area contributed by atoms with Gasteiger partial charge in [-0.25, -0.2) is 9.59 Å². The number of carbonyl (C=O) groups is 2. The normalized spacial score (nSPS) is 21.2. The average Bonchev–Trinajstić information content (AvgIpc) is 2.68. The summed E-state index contributed by atoms with van der Waals surface area (Å²) >= 11 is 1.80. The number of amides is 2. The molecule has 1 aliphatic rings. The van der Waals surface area contributed by atoms with Gasteiger partial charge in [-0.15, -0.1) is 0 Å². The Kier molecular flexibility index (Phi) is 5.61. The highest BCUT2D eigenvalue weighted by Gasteiger charge is 2.23. The zero-order valence-corrected chi connectivity index (χ0v) is 11.0. The molecule has 0 radical (unpaired) electrons. The molecule has 5 nitrogen and oxygen atoms in total. The molecular formula is C11H20N2O3S. The molecule has 0 saturated carbocycles. The summed E-state index contributed by atoms with van der Waals surface area (Å²) in [5.74, 6) is 1.22. The maximum Gasteiger partial charge on any atom is 0.326 e. The SMILES string of the molecule is CC(C)CC(NC(=O)NC1CCSC1)C(=O)O. The fraction of sp³-hybridized carbons (Fsp3) is 0.818. The zero-order valence-electron chi connectivity index (χ0n) is 10.2. The molecule has 1 aliphatic heterocycles. The van der Waals surface area contributed by atoms with Crippen LogP contribution in [0.5, 0.6) is 0 Å². The molecular weight excluding hydrogens is 240 g/mol. The second kappa shape index (κ2) is 6.74. The molecule has 0 spiro atoms. The number of nitrogens with one attached hydrogen (secondary N) is 2. The molecule has 2 unspecified atom stereocenters. The molecule has 0 aromatic heterocycles. The van der Waals surface area contributed by atoms with Gasteiger partial charge in [-0.2, -0.15) is 11.8 Å². The molecule has 98 valence electrons. The molecule has 2 atom stereocenters. The summed E-state index contributed by atoms with van der Waals surface area (Å²) in [7, 11) is 0. The number of carbonyl (C=O) groups excluding carboxylic acids is 1. The van der Waals surface area contributed by atoms with Gasteiger partial charge >= 0.3 is 12.0 Å². The van der Waals surface area contributed by atoms with Gasteiger partial charge in [0.25, 0.3) is 0 Å². The Bertz CT molecular complexity index is 278. The lowest BCUT2D eigenvalue weighted by Gasteiger charge is -2.18. The van der Waals surface area contributed by atoms with Crippen LogP contribution in [0.2, 0.25) is 0 Å². The van der Waals surface area contributed by atoms with Crippen molar-refractivity contribution in [3.8, 4) is 0 Å². The van der Waals surface area contributed by atoms with Crippen LogP contribution >= 0.6 is 11.8 Å². The van der Waals surface area contributed by atoms with Gasteiger partial charge in [-0.1, -0.05) is 13.8 Å². The first-order chi connectivity index (χ1) is 7.99. The molecule has 1 rings (SSSR count).